The number of hydrogen-bond acceptors (Lipinski definition) is 3. The monoisotopic (exact) mass is 226 g/mol. The Morgan fingerprint density at radius 1 is 1.31 bits per heavy atom. The Labute approximate surface area is 97.3 Å². The van der Waals surface area contributed by atoms with Crippen molar-refractivity contribution in [2.24, 2.45) is 0 Å². The highest BCUT2D eigenvalue weighted by Gasteiger charge is 2.35. The van der Waals surface area contributed by atoms with Crippen molar-refractivity contribution < 1.29 is 9.53 Å². The van der Waals surface area contributed by atoms with E-state index in [1.807, 2.05) is 20.8 Å². The van der Waals surface area contributed by atoms with Gasteiger partial charge in [-0.2, -0.15) is 0 Å². The normalized spacial score (nSPS) is 26.8. The molecule has 1 saturated carbocycles. The molecule has 1 unspecified atom stereocenters. The number of carbonyl (C=O) groups is 1. The van der Waals surface area contributed by atoms with Crippen LogP contribution >= 0.6 is 0 Å². The topological polar surface area (TPSA) is 41.6 Å². The minimum Gasteiger partial charge on any atom is -0.444 e. The summed E-state index contributed by atoms with van der Waals surface area (Å²) in [5.74, 6) is 0. The highest BCUT2D eigenvalue weighted by atomic mass is 16.6. The summed E-state index contributed by atoms with van der Waals surface area (Å²) in [7, 11) is 0. The van der Waals surface area contributed by atoms with Crippen LogP contribution in [-0.2, 0) is 4.74 Å². The van der Waals surface area contributed by atoms with Crippen LogP contribution < -0.4 is 5.32 Å². The number of nitrogens with zero attached hydrogens (tertiary/aromatic N) is 1. The largest absolute Gasteiger partial charge is 0.444 e. The molecule has 1 amide bonds. The molecule has 0 spiro atoms. The zero-order chi connectivity index (χ0) is 11.8. The molecule has 1 heterocycles. The third kappa shape index (κ3) is 3.37. The summed E-state index contributed by atoms with van der Waals surface area (Å²) in [5, 5.41) is 2.95. The van der Waals surface area contributed by atoms with E-state index in [2.05, 4.69) is 10.2 Å². The quantitative estimate of drug-likeness (QED) is 0.780. The van der Waals surface area contributed by atoms with Gasteiger partial charge in [0.15, 0.2) is 0 Å². The zero-order valence-electron chi connectivity index (χ0n) is 10.5. The van der Waals surface area contributed by atoms with Gasteiger partial charge in [0.2, 0.25) is 0 Å². The Bertz CT molecular complexity index is 269. The van der Waals surface area contributed by atoms with Gasteiger partial charge < -0.3 is 10.1 Å². The first-order valence-electron chi connectivity index (χ1n) is 6.17. The summed E-state index contributed by atoms with van der Waals surface area (Å²) < 4.78 is 5.24. The lowest BCUT2D eigenvalue weighted by molar-refractivity contribution is 0.0505. The van der Waals surface area contributed by atoms with Crippen molar-refractivity contribution in [1.29, 1.82) is 0 Å². The lowest BCUT2D eigenvalue weighted by Gasteiger charge is -2.22. The van der Waals surface area contributed by atoms with Crippen molar-refractivity contribution in [2.45, 2.75) is 57.7 Å². The first-order chi connectivity index (χ1) is 7.44. The highest BCUT2D eigenvalue weighted by molar-refractivity contribution is 5.68. The lowest BCUT2D eigenvalue weighted by atomic mass is 10.2. The highest BCUT2D eigenvalue weighted by Crippen LogP contribution is 2.29. The van der Waals surface area contributed by atoms with Gasteiger partial charge >= 0.3 is 6.09 Å². The number of rotatable bonds is 2. The minimum atomic E-state index is -0.404. The molecule has 0 aromatic heterocycles. The molecular formula is C12H22N2O2. The minimum absolute atomic E-state index is 0.274. The Hall–Kier alpha value is -0.770. The average Bonchev–Trinajstić information content (AvgIpc) is 2.85. The summed E-state index contributed by atoms with van der Waals surface area (Å²) in [6, 6.07) is 1.07. The summed E-state index contributed by atoms with van der Waals surface area (Å²) in [6.07, 6.45) is 3.43. The molecule has 1 aliphatic heterocycles. The molecule has 0 aromatic carbocycles. The lowest BCUT2D eigenvalue weighted by Crippen LogP contribution is -2.40. The molecule has 0 radical (unpaired) electrons. The molecule has 0 aromatic rings. The Kier molecular flexibility index (Phi) is 3.10. The number of alkyl carbamates (subject to hydrolysis) is 1. The van der Waals surface area contributed by atoms with E-state index >= 15 is 0 Å². The molecule has 16 heavy (non-hydrogen) atoms. The number of carbonyl (C=O) groups excluding carboxylic acids is 1. The first-order valence-corrected chi connectivity index (χ1v) is 6.17. The Morgan fingerprint density at radius 3 is 2.56 bits per heavy atom. The van der Waals surface area contributed by atoms with Crippen molar-refractivity contribution in [3.8, 4) is 0 Å². The molecule has 92 valence electrons. The number of nitrogens with one attached hydrogen (secondary N) is 1. The van der Waals surface area contributed by atoms with E-state index in [0.29, 0.717) is 0 Å². The predicted molar refractivity (Wildman–Crippen MR) is 62.4 cm³/mol. The number of hydrogen-bond donors (Lipinski definition) is 1. The van der Waals surface area contributed by atoms with Gasteiger partial charge in [-0.05, 0) is 40.0 Å². The molecule has 1 atom stereocenters. The number of amides is 1. The molecule has 1 aliphatic carbocycles. The van der Waals surface area contributed by atoms with Gasteiger partial charge in [0.1, 0.15) is 5.60 Å². The second-order valence-corrected chi connectivity index (χ2v) is 5.86. The SMILES string of the molecule is CC(C)(C)OC(=O)NC1CCN(C2CC2)C1. The fourth-order valence-electron chi connectivity index (χ4n) is 2.15. The van der Waals surface area contributed by atoms with Crippen molar-refractivity contribution in [3.05, 3.63) is 0 Å². The molecular weight excluding hydrogens is 204 g/mol. The summed E-state index contributed by atoms with van der Waals surface area (Å²) in [6.45, 7) is 7.77. The maximum absolute atomic E-state index is 11.6. The summed E-state index contributed by atoms with van der Waals surface area (Å²) in [5.41, 5.74) is -0.404. The third-order valence-electron chi connectivity index (χ3n) is 3.00. The van der Waals surface area contributed by atoms with Crippen LogP contribution in [0.2, 0.25) is 0 Å². The van der Waals surface area contributed by atoms with Gasteiger partial charge in [-0.25, -0.2) is 4.79 Å². The van der Waals surface area contributed by atoms with E-state index in [4.69, 9.17) is 4.74 Å². The molecule has 2 rings (SSSR count). The van der Waals surface area contributed by atoms with Crippen molar-refractivity contribution in [3.63, 3.8) is 0 Å². The van der Waals surface area contributed by atoms with E-state index in [-0.39, 0.29) is 12.1 Å². The number of ether oxygens (including phenoxy) is 1. The average molecular weight is 226 g/mol. The van der Waals surface area contributed by atoms with Gasteiger partial charge in [0.05, 0.1) is 0 Å². The molecule has 2 fully saturated rings. The van der Waals surface area contributed by atoms with Gasteiger partial charge in [0.25, 0.3) is 0 Å². The second kappa shape index (κ2) is 4.24. The predicted octanol–water partition coefficient (Wildman–Crippen LogP) is 1.75. The van der Waals surface area contributed by atoms with Gasteiger partial charge in [-0.1, -0.05) is 0 Å². The van der Waals surface area contributed by atoms with E-state index in [1.54, 1.807) is 0 Å². The second-order valence-electron chi connectivity index (χ2n) is 5.86. The van der Waals surface area contributed by atoms with Gasteiger partial charge in [-0.15, -0.1) is 0 Å². The van der Waals surface area contributed by atoms with E-state index < -0.39 is 5.60 Å². The molecule has 0 bridgehead atoms. The summed E-state index contributed by atoms with van der Waals surface area (Å²) in [4.78, 5) is 14.0. The zero-order valence-corrected chi connectivity index (χ0v) is 10.5. The van der Waals surface area contributed by atoms with E-state index in [9.17, 15) is 4.79 Å². The molecule has 2 aliphatic rings. The van der Waals surface area contributed by atoms with E-state index in [0.717, 1.165) is 25.6 Å². The van der Waals surface area contributed by atoms with Crippen LogP contribution in [0, 0.1) is 0 Å². The van der Waals surface area contributed by atoms with Crippen molar-refractivity contribution >= 4 is 6.09 Å². The van der Waals surface area contributed by atoms with Gasteiger partial charge in [-0.3, -0.25) is 4.90 Å². The Morgan fingerprint density at radius 2 is 2.00 bits per heavy atom. The van der Waals surface area contributed by atoms with Crippen molar-refractivity contribution in [2.75, 3.05) is 13.1 Å². The summed E-state index contributed by atoms with van der Waals surface area (Å²) >= 11 is 0. The third-order valence-corrected chi connectivity index (χ3v) is 3.00. The molecule has 4 nitrogen and oxygen atoms in total. The number of likely N-dealkylation sites (tertiary alicyclic amines) is 1. The van der Waals surface area contributed by atoms with Crippen LogP contribution in [0.1, 0.15) is 40.0 Å². The fourth-order valence-corrected chi connectivity index (χ4v) is 2.15. The van der Waals surface area contributed by atoms with E-state index in [1.165, 1.54) is 12.8 Å². The first kappa shape index (κ1) is 11.7. The van der Waals surface area contributed by atoms with Crippen LogP contribution in [0.3, 0.4) is 0 Å². The van der Waals surface area contributed by atoms with Crippen LogP contribution in [0.15, 0.2) is 0 Å². The van der Waals surface area contributed by atoms with Crippen LogP contribution in [0.25, 0.3) is 0 Å². The Balaban J connectivity index is 1.71. The maximum atomic E-state index is 11.6. The molecule has 1 N–H and O–H groups in total. The molecule has 1 saturated heterocycles. The van der Waals surface area contributed by atoms with Crippen LogP contribution in [0.4, 0.5) is 4.79 Å². The van der Waals surface area contributed by atoms with Crippen LogP contribution in [0.5, 0.6) is 0 Å². The standard InChI is InChI=1S/C12H22N2O2/c1-12(2,3)16-11(15)13-9-6-7-14(8-9)10-4-5-10/h9-10H,4-8H2,1-3H3,(H,13,15). The van der Waals surface area contributed by atoms with Gasteiger partial charge in [0, 0.05) is 25.2 Å². The smallest absolute Gasteiger partial charge is 0.407 e. The molecule has 4 heteroatoms. The maximum Gasteiger partial charge on any atom is 0.407 e. The fraction of sp³-hybridized carbons (Fsp3) is 0.917. The van der Waals surface area contributed by atoms with Crippen molar-refractivity contribution in [1.82, 2.24) is 10.2 Å². The van der Waals surface area contributed by atoms with Crippen LogP contribution in [-0.4, -0.2) is 41.8 Å².